The van der Waals surface area contributed by atoms with Crippen molar-refractivity contribution in [3.63, 3.8) is 0 Å². The van der Waals surface area contributed by atoms with E-state index in [0.29, 0.717) is 17.5 Å². The lowest BCUT2D eigenvalue weighted by molar-refractivity contribution is 0.254. The van der Waals surface area contributed by atoms with Gasteiger partial charge in [0.25, 0.3) is 0 Å². The largest absolute Gasteiger partial charge is 0.307 e. The van der Waals surface area contributed by atoms with Crippen molar-refractivity contribution in [1.29, 1.82) is 0 Å². The van der Waals surface area contributed by atoms with Gasteiger partial charge < -0.3 is 5.32 Å². The van der Waals surface area contributed by atoms with E-state index in [0.717, 1.165) is 0 Å². The Morgan fingerprint density at radius 3 is 2.82 bits per heavy atom. The summed E-state index contributed by atoms with van der Waals surface area (Å²) in [4.78, 5) is 1.61. The average Bonchev–Trinajstić information content (AvgIpc) is 2.58. The van der Waals surface area contributed by atoms with Crippen LogP contribution in [0.2, 0.25) is 0 Å². The highest BCUT2D eigenvalue weighted by molar-refractivity contribution is 14.1. The molecule has 0 aliphatic heterocycles. The highest BCUT2D eigenvalue weighted by Gasteiger charge is 2.27. The normalized spacial score (nSPS) is 22.3. The topological polar surface area (TPSA) is 12.0 Å². The standard InChI is InChI=1S/C14H22INS/c1-9(14(2,3)4)16-11-6-5-7-12-10(11)8-13(15)17-12/h8-9,11,16H,5-7H2,1-4H3. The highest BCUT2D eigenvalue weighted by atomic mass is 127. The zero-order valence-corrected chi connectivity index (χ0v) is 14.1. The Balaban J connectivity index is 2.13. The minimum atomic E-state index is 0.334. The number of hydrogen-bond donors (Lipinski definition) is 1. The maximum absolute atomic E-state index is 3.83. The molecular formula is C14H22INS. The van der Waals surface area contributed by atoms with Crippen molar-refractivity contribution in [1.82, 2.24) is 5.32 Å². The second-order valence-electron chi connectivity index (χ2n) is 6.13. The third kappa shape index (κ3) is 3.24. The van der Waals surface area contributed by atoms with Gasteiger partial charge in [-0.05, 0) is 65.8 Å². The minimum absolute atomic E-state index is 0.334. The Hall–Kier alpha value is 0.390. The van der Waals surface area contributed by atoms with Gasteiger partial charge in [-0.1, -0.05) is 20.8 Å². The molecule has 0 fully saturated rings. The molecule has 17 heavy (non-hydrogen) atoms. The molecule has 1 aromatic rings. The third-order valence-electron chi connectivity index (χ3n) is 3.83. The number of nitrogens with one attached hydrogen (secondary N) is 1. The number of fused-ring (bicyclic) bond motifs is 1. The fraction of sp³-hybridized carbons (Fsp3) is 0.714. The molecule has 0 saturated carbocycles. The molecule has 1 N–H and O–H groups in total. The fourth-order valence-corrected chi connectivity index (χ4v) is 4.37. The summed E-state index contributed by atoms with van der Waals surface area (Å²) in [6, 6.07) is 3.51. The molecule has 1 aromatic heterocycles. The molecule has 2 rings (SSSR count). The van der Waals surface area contributed by atoms with Crippen molar-refractivity contribution in [2.75, 3.05) is 0 Å². The number of aryl methyl sites for hydroxylation is 1. The van der Waals surface area contributed by atoms with Crippen LogP contribution in [-0.2, 0) is 6.42 Å². The first-order chi connectivity index (χ1) is 7.88. The van der Waals surface area contributed by atoms with Gasteiger partial charge in [0, 0.05) is 17.0 Å². The molecule has 1 aliphatic carbocycles. The van der Waals surface area contributed by atoms with E-state index in [1.165, 1.54) is 22.1 Å². The van der Waals surface area contributed by atoms with Gasteiger partial charge in [0.1, 0.15) is 0 Å². The lowest BCUT2D eigenvalue weighted by atomic mass is 9.85. The minimum Gasteiger partial charge on any atom is -0.307 e. The Labute approximate surface area is 123 Å². The number of hydrogen-bond acceptors (Lipinski definition) is 2. The van der Waals surface area contributed by atoms with Crippen molar-refractivity contribution in [2.45, 2.75) is 59.0 Å². The van der Waals surface area contributed by atoms with E-state index < -0.39 is 0 Å². The van der Waals surface area contributed by atoms with E-state index >= 15 is 0 Å². The first-order valence-electron chi connectivity index (χ1n) is 6.42. The summed E-state index contributed by atoms with van der Waals surface area (Å²) in [6.07, 6.45) is 3.91. The van der Waals surface area contributed by atoms with Crippen LogP contribution >= 0.6 is 33.9 Å². The van der Waals surface area contributed by atoms with Gasteiger partial charge >= 0.3 is 0 Å². The van der Waals surface area contributed by atoms with Gasteiger partial charge in [0.2, 0.25) is 0 Å². The molecule has 0 amide bonds. The monoisotopic (exact) mass is 363 g/mol. The van der Waals surface area contributed by atoms with Crippen LogP contribution in [0.15, 0.2) is 6.07 Å². The summed E-state index contributed by atoms with van der Waals surface area (Å²) in [7, 11) is 0. The highest BCUT2D eigenvalue weighted by Crippen LogP contribution is 2.37. The predicted octanol–water partition coefficient (Wildman–Crippen LogP) is 4.75. The Kier molecular flexibility index (Phi) is 4.20. The van der Waals surface area contributed by atoms with Gasteiger partial charge in [-0.3, -0.25) is 0 Å². The number of halogens is 1. The van der Waals surface area contributed by atoms with Crippen LogP contribution in [0.5, 0.6) is 0 Å². The van der Waals surface area contributed by atoms with Crippen molar-refractivity contribution in [3.05, 3.63) is 19.4 Å². The third-order valence-corrected chi connectivity index (χ3v) is 5.81. The molecule has 96 valence electrons. The molecular weight excluding hydrogens is 341 g/mol. The van der Waals surface area contributed by atoms with Gasteiger partial charge in [-0.25, -0.2) is 0 Å². The fourth-order valence-electron chi connectivity index (χ4n) is 2.25. The van der Waals surface area contributed by atoms with Gasteiger partial charge in [0.15, 0.2) is 0 Å². The van der Waals surface area contributed by atoms with Crippen molar-refractivity contribution < 1.29 is 0 Å². The molecule has 0 bridgehead atoms. The summed E-state index contributed by atoms with van der Waals surface area (Å²) >= 11 is 4.43. The van der Waals surface area contributed by atoms with E-state index in [-0.39, 0.29) is 0 Å². The maximum atomic E-state index is 3.83. The zero-order chi connectivity index (χ0) is 12.6. The molecule has 3 heteroatoms. The van der Waals surface area contributed by atoms with E-state index in [1.54, 1.807) is 10.4 Å². The lowest BCUT2D eigenvalue weighted by Crippen LogP contribution is -2.40. The maximum Gasteiger partial charge on any atom is 0.0659 e. The molecule has 2 unspecified atom stereocenters. The second kappa shape index (κ2) is 5.17. The second-order valence-corrected chi connectivity index (χ2v) is 9.16. The van der Waals surface area contributed by atoms with Crippen molar-refractivity contribution in [2.24, 2.45) is 5.41 Å². The van der Waals surface area contributed by atoms with Crippen LogP contribution in [0.25, 0.3) is 0 Å². The van der Waals surface area contributed by atoms with Crippen molar-refractivity contribution in [3.8, 4) is 0 Å². The lowest BCUT2D eigenvalue weighted by Gasteiger charge is -2.34. The quantitative estimate of drug-likeness (QED) is 0.748. The summed E-state index contributed by atoms with van der Waals surface area (Å²) in [6.45, 7) is 9.24. The zero-order valence-electron chi connectivity index (χ0n) is 11.1. The average molecular weight is 363 g/mol. The van der Waals surface area contributed by atoms with Crippen LogP contribution in [0.3, 0.4) is 0 Å². The van der Waals surface area contributed by atoms with E-state index in [9.17, 15) is 0 Å². The summed E-state index contributed by atoms with van der Waals surface area (Å²) in [5.74, 6) is 0. The molecule has 0 radical (unpaired) electrons. The molecule has 1 nitrogen and oxygen atoms in total. The summed E-state index contributed by atoms with van der Waals surface area (Å²) in [5.41, 5.74) is 1.91. The van der Waals surface area contributed by atoms with Crippen LogP contribution in [0.1, 0.15) is 57.0 Å². The molecule has 0 saturated heterocycles. The SMILES string of the molecule is CC(NC1CCCc2sc(I)cc21)C(C)(C)C. The van der Waals surface area contributed by atoms with E-state index in [1.807, 2.05) is 11.3 Å². The smallest absolute Gasteiger partial charge is 0.0659 e. The Morgan fingerprint density at radius 1 is 1.47 bits per heavy atom. The van der Waals surface area contributed by atoms with E-state index in [2.05, 4.69) is 61.7 Å². The summed E-state index contributed by atoms with van der Waals surface area (Å²) in [5, 5.41) is 3.83. The Morgan fingerprint density at radius 2 is 2.18 bits per heavy atom. The van der Waals surface area contributed by atoms with Crippen LogP contribution in [-0.4, -0.2) is 6.04 Å². The van der Waals surface area contributed by atoms with Crippen LogP contribution in [0, 0.1) is 8.30 Å². The van der Waals surface area contributed by atoms with Crippen LogP contribution in [0.4, 0.5) is 0 Å². The first-order valence-corrected chi connectivity index (χ1v) is 8.31. The number of rotatable bonds is 2. The predicted molar refractivity (Wildman–Crippen MR) is 84.8 cm³/mol. The first kappa shape index (κ1) is 13.8. The molecule has 1 aliphatic rings. The summed E-state index contributed by atoms with van der Waals surface area (Å²) < 4.78 is 1.43. The van der Waals surface area contributed by atoms with Crippen LogP contribution < -0.4 is 5.32 Å². The molecule has 0 aromatic carbocycles. The molecule has 2 atom stereocenters. The van der Waals surface area contributed by atoms with Crippen molar-refractivity contribution >= 4 is 33.9 Å². The molecule has 0 spiro atoms. The van der Waals surface area contributed by atoms with E-state index in [4.69, 9.17) is 0 Å². The van der Waals surface area contributed by atoms with Gasteiger partial charge in [-0.2, -0.15) is 0 Å². The van der Waals surface area contributed by atoms with Gasteiger partial charge in [-0.15, -0.1) is 11.3 Å². The van der Waals surface area contributed by atoms with Gasteiger partial charge in [0.05, 0.1) is 2.88 Å². The number of thiophene rings is 1. The molecule has 1 heterocycles. The Bertz CT molecular complexity index is 391.